The van der Waals surface area contributed by atoms with Crippen LogP contribution in [0.3, 0.4) is 0 Å². The second-order valence-electron chi connectivity index (χ2n) is 7.82. The number of nitrogens with zero attached hydrogens (tertiary/aromatic N) is 3. The summed E-state index contributed by atoms with van der Waals surface area (Å²) < 4.78 is 28.7. The van der Waals surface area contributed by atoms with Crippen molar-refractivity contribution in [3.05, 3.63) is 72.1 Å². The van der Waals surface area contributed by atoms with Crippen LogP contribution in [-0.2, 0) is 6.54 Å². The average molecular weight is 505 g/mol. The zero-order valence-corrected chi connectivity index (χ0v) is 21.3. The fourth-order valence-corrected chi connectivity index (χ4v) is 3.77. The molecule has 1 amide bonds. The zero-order chi connectivity index (χ0) is 26.4. The summed E-state index contributed by atoms with van der Waals surface area (Å²) in [5, 5.41) is 7.40. The Balaban J connectivity index is 1.76. The lowest BCUT2D eigenvalue weighted by atomic mass is 10.1. The molecule has 0 atom stereocenters. The summed E-state index contributed by atoms with van der Waals surface area (Å²) in [6.07, 6.45) is 0. The van der Waals surface area contributed by atoms with E-state index in [1.807, 2.05) is 42.5 Å². The van der Waals surface area contributed by atoms with E-state index in [1.165, 1.54) is 21.3 Å². The number of benzene rings is 3. The molecule has 10 nitrogen and oxygen atoms in total. The highest BCUT2D eigenvalue weighted by Gasteiger charge is 2.22. The van der Waals surface area contributed by atoms with Gasteiger partial charge in [-0.15, -0.1) is 5.10 Å². The van der Waals surface area contributed by atoms with Crippen LogP contribution in [0.15, 0.2) is 60.7 Å². The van der Waals surface area contributed by atoms with E-state index in [2.05, 4.69) is 15.4 Å². The fourth-order valence-electron chi connectivity index (χ4n) is 3.77. The van der Waals surface area contributed by atoms with Gasteiger partial charge in [-0.05, 0) is 42.0 Å². The number of methoxy groups -OCH3 is 5. The molecular formula is C27H28N4O6. The Labute approximate surface area is 214 Å². The number of aromatic nitrogens is 3. The van der Waals surface area contributed by atoms with Crippen LogP contribution in [0.1, 0.15) is 16.2 Å². The molecule has 4 aromatic rings. The van der Waals surface area contributed by atoms with Gasteiger partial charge in [0, 0.05) is 18.2 Å². The van der Waals surface area contributed by atoms with Crippen LogP contribution in [0.5, 0.6) is 28.7 Å². The number of ether oxygens (including phenoxy) is 5. The SMILES string of the molecule is COc1cccc(CNC(=O)c2nc(-c3cc(OC)c(OC)c(OC)c3)n(-c3cccc(OC)c3)n2)c1. The maximum atomic E-state index is 13.1. The molecule has 1 heterocycles. The van der Waals surface area contributed by atoms with E-state index in [1.54, 1.807) is 37.1 Å². The minimum absolute atomic E-state index is 0.00512. The maximum absolute atomic E-state index is 13.1. The Morgan fingerprint density at radius 2 is 1.46 bits per heavy atom. The summed E-state index contributed by atoms with van der Waals surface area (Å²) in [5.74, 6) is 2.64. The largest absolute Gasteiger partial charge is 0.497 e. The number of hydrogen-bond donors (Lipinski definition) is 1. The first-order valence-corrected chi connectivity index (χ1v) is 11.3. The third-order valence-electron chi connectivity index (χ3n) is 5.62. The summed E-state index contributed by atoms with van der Waals surface area (Å²) in [5.41, 5.74) is 2.14. The number of nitrogens with one attached hydrogen (secondary N) is 1. The molecule has 0 bridgehead atoms. The van der Waals surface area contributed by atoms with Crippen molar-refractivity contribution < 1.29 is 28.5 Å². The summed E-state index contributed by atoms with van der Waals surface area (Å²) >= 11 is 0. The third kappa shape index (κ3) is 5.43. The van der Waals surface area contributed by atoms with E-state index in [0.717, 1.165) is 5.56 Å². The van der Waals surface area contributed by atoms with E-state index < -0.39 is 5.91 Å². The van der Waals surface area contributed by atoms with E-state index in [-0.39, 0.29) is 12.4 Å². The Bertz CT molecular complexity index is 1380. The molecule has 0 spiro atoms. The lowest BCUT2D eigenvalue weighted by molar-refractivity contribution is 0.0940. The van der Waals surface area contributed by atoms with Crippen molar-refractivity contribution in [3.63, 3.8) is 0 Å². The van der Waals surface area contributed by atoms with Crippen molar-refractivity contribution in [2.24, 2.45) is 0 Å². The summed E-state index contributed by atoms with van der Waals surface area (Å²) in [7, 11) is 7.77. The molecule has 0 radical (unpaired) electrons. The number of amides is 1. The van der Waals surface area contributed by atoms with Gasteiger partial charge >= 0.3 is 0 Å². The van der Waals surface area contributed by atoms with Crippen molar-refractivity contribution >= 4 is 5.91 Å². The van der Waals surface area contributed by atoms with Gasteiger partial charge in [-0.3, -0.25) is 4.79 Å². The van der Waals surface area contributed by atoms with Crippen LogP contribution < -0.4 is 29.0 Å². The van der Waals surface area contributed by atoms with E-state index in [9.17, 15) is 4.79 Å². The molecule has 192 valence electrons. The molecule has 4 rings (SSSR count). The average Bonchev–Trinajstić information content (AvgIpc) is 3.41. The van der Waals surface area contributed by atoms with E-state index in [0.29, 0.717) is 45.8 Å². The van der Waals surface area contributed by atoms with Gasteiger partial charge < -0.3 is 29.0 Å². The van der Waals surface area contributed by atoms with Crippen LogP contribution in [-0.4, -0.2) is 56.2 Å². The number of carbonyl (C=O) groups is 1. The van der Waals surface area contributed by atoms with Gasteiger partial charge in [0.1, 0.15) is 11.5 Å². The van der Waals surface area contributed by atoms with Crippen molar-refractivity contribution in [2.45, 2.75) is 6.54 Å². The molecule has 0 saturated carbocycles. The number of rotatable bonds is 10. The van der Waals surface area contributed by atoms with E-state index in [4.69, 9.17) is 23.7 Å². The quantitative estimate of drug-likeness (QED) is 0.347. The first kappa shape index (κ1) is 25.4. The monoisotopic (exact) mass is 504 g/mol. The van der Waals surface area contributed by atoms with Crippen molar-refractivity contribution in [1.29, 1.82) is 0 Å². The normalized spacial score (nSPS) is 10.5. The Morgan fingerprint density at radius 3 is 2.08 bits per heavy atom. The molecule has 1 aromatic heterocycles. The maximum Gasteiger partial charge on any atom is 0.291 e. The summed E-state index contributed by atoms with van der Waals surface area (Å²) in [6.45, 7) is 0.281. The first-order valence-electron chi connectivity index (χ1n) is 11.3. The van der Waals surface area contributed by atoms with Crippen LogP contribution in [0.25, 0.3) is 17.1 Å². The first-order chi connectivity index (χ1) is 18.0. The highest BCUT2D eigenvalue weighted by atomic mass is 16.5. The predicted octanol–water partition coefficient (Wildman–Crippen LogP) is 3.91. The van der Waals surface area contributed by atoms with Gasteiger partial charge in [0.2, 0.25) is 11.6 Å². The van der Waals surface area contributed by atoms with Gasteiger partial charge in [0.15, 0.2) is 17.3 Å². The van der Waals surface area contributed by atoms with Crippen molar-refractivity contribution in [2.75, 3.05) is 35.5 Å². The molecule has 0 aliphatic carbocycles. The minimum atomic E-state index is -0.432. The molecule has 3 aromatic carbocycles. The second-order valence-corrected chi connectivity index (χ2v) is 7.82. The second kappa shape index (κ2) is 11.3. The van der Waals surface area contributed by atoms with E-state index >= 15 is 0 Å². The van der Waals surface area contributed by atoms with Crippen LogP contribution >= 0.6 is 0 Å². The predicted molar refractivity (Wildman–Crippen MR) is 137 cm³/mol. The molecule has 0 aliphatic rings. The molecule has 0 unspecified atom stereocenters. The van der Waals surface area contributed by atoms with Crippen LogP contribution in [0.4, 0.5) is 0 Å². The molecule has 1 N–H and O–H groups in total. The molecule has 10 heteroatoms. The van der Waals surface area contributed by atoms with Crippen LogP contribution in [0, 0.1) is 0 Å². The molecular weight excluding hydrogens is 476 g/mol. The number of carbonyl (C=O) groups excluding carboxylic acids is 1. The van der Waals surface area contributed by atoms with Gasteiger partial charge in [0.25, 0.3) is 5.91 Å². The molecule has 0 fully saturated rings. The lowest BCUT2D eigenvalue weighted by Crippen LogP contribution is -2.24. The highest BCUT2D eigenvalue weighted by molar-refractivity contribution is 5.91. The minimum Gasteiger partial charge on any atom is -0.497 e. The Kier molecular flexibility index (Phi) is 7.77. The van der Waals surface area contributed by atoms with Gasteiger partial charge in [-0.25, -0.2) is 9.67 Å². The summed E-state index contributed by atoms with van der Waals surface area (Å²) in [6, 6.07) is 18.2. The smallest absolute Gasteiger partial charge is 0.291 e. The fraction of sp³-hybridized carbons (Fsp3) is 0.222. The van der Waals surface area contributed by atoms with Gasteiger partial charge in [-0.1, -0.05) is 18.2 Å². The number of hydrogen-bond acceptors (Lipinski definition) is 8. The van der Waals surface area contributed by atoms with Crippen LogP contribution in [0.2, 0.25) is 0 Å². The Hall–Kier alpha value is -4.73. The standard InChI is InChI=1S/C27H28N4O6/c1-33-20-10-6-8-17(12-20)16-28-27(32)25-29-26(31(30-25)19-9-7-11-21(15-19)34-2)18-13-22(35-3)24(37-5)23(14-18)36-4/h6-15H,16H2,1-5H3,(H,28,32). The van der Waals surface area contributed by atoms with Crippen molar-refractivity contribution in [3.8, 4) is 45.8 Å². The molecule has 0 saturated heterocycles. The lowest BCUT2D eigenvalue weighted by Gasteiger charge is -2.14. The van der Waals surface area contributed by atoms with Gasteiger partial charge in [-0.2, -0.15) is 0 Å². The third-order valence-corrected chi connectivity index (χ3v) is 5.62. The summed E-state index contributed by atoms with van der Waals surface area (Å²) in [4.78, 5) is 17.7. The molecule has 37 heavy (non-hydrogen) atoms. The topological polar surface area (TPSA) is 106 Å². The van der Waals surface area contributed by atoms with Crippen molar-refractivity contribution in [1.82, 2.24) is 20.1 Å². The molecule has 0 aliphatic heterocycles. The Morgan fingerprint density at radius 1 is 0.811 bits per heavy atom. The highest BCUT2D eigenvalue weighted by Crippen LogP contribution is 2.41. The van der Waals surface area contributed by atoms with Gasteiger partial charge in [0.05, 0.1) is 41.2 Å². The zero-order valence-electron chi connectivity index (χ0n) is 21.3.